The number of methoxy groups -OCH3 is 1. The lowest BCUT2D eigenvalue weighted by Crippen LogP contribution is -2.41. The summed E-state index contributed by atoms with van der Waals surface area (Å²) >= 11 is 6.01. The second-order valence-corrected chi connectivity index (χ2v) is 8.76. The molecule has 180 valence electrons. The molecule has 2 heterocycles. The van der Waals surface area contributed by atoms with Gasteiger partial charge in [-0.2, -0.15) is 13.2 Å². The highest BCUT2D eigenvalue weighted by molar-refractivity contribution is 6.31. The van der Waals surface area contributed by atoms with Crippen molar-refractivity contribution in [2.45, 2.75) is 18.6 Å². The largest absolute Gasteiger partial charge is 0.497 e. The van der Waals surface area contributed by atoms with Crippen molar-refractivity contribution in [3.8, 4) is 5.75 Å². The van der Waals surface area contributed by atoms with Crippen LogP contribution in [0.15, 0.2) is 60.7 Å². The summed E-state index contributed by atoms with van der Waals surface area (Å²) in [7, 11) is 1.56. The van der Waals surface area contributed by atoms with Gasteiger partial charge in [-0.1, -0.05) is 23.7 Å². The van der Waals surface area contributed by atoms with Crippen molar-refractivity contribution in [2.24, 2.45) is 0 Å². The second kappa shape index (κ2) is 8.61. The molecule has 0 spiro atoms. The molecule has 9 heteroatoms. The fourth-order valence-electron chi connectivity index (χ4n) is 4.63. The van der Waals surface area contributed by atoms with Gasteiger partial charge in [-0.05, 0) is 66.1 Å². The molecule has 3 aromatic carbocycles. The number of amides is 1. The second-order valence-electron chi connectivity index (χ2n) is 8.32. The Labute approximate surface area is 203 Å². The quantitative estimate of drug-likeness (QED) is 0.314. The van der Waals surface area contributed by atoms with E-state index in [0.717, 1.165) is 34.7 Å². The van der Waals surface area contributed by atoms with Crippen LogP contribution < -0.4 is 4.74 Å². The van der Waals surface area contributed by atoms with E-state index in [0.29, 0.717) is 23.4 Å². The molecule has 0 unspecified atom stereocenters. The summed E-state index contributed by atoms with van der Waals surface area (Å²) in [5.41, 5.74) is 1.87. The SMILES string of the molecule is COc1ccc2[nH]c3c(c2c1)CCN(C(=O)c1cc(Cl)ccc1F)[C@H]3c1ccc(C(F)(F)F)cc1. The molecule has 0 bridgehead atoms. The summed E-state index contributed by atoms with van der Waals surface area (Å²) in [4.78, 5) is 18.3. The van der Waals surface area contributed by atoms with E-state index >= 15 is 0 Å². The highest BCUT2D eigenvalue weighted by atomic mass is 35.5. The monoisotopic (exact) mass is 502 g/mol. The lowest BCUT2D eigenvalue weighted by molar-refractivity contribution is -0.137. The highest BCUT2D eigenvalue weighted by Gasteiger charge is 2.37. The van der Waals surface area contributed by atoms with Crippen LogP contribution in [0.2, 0.25) is 5.02 Å². The Morgan fingerprint density at radius 2 is 1.83 bits per heavy atom. The minimum atomic E-state index is -4.49. The standard InChI is InChI=1S/C26H19ClF4N2O2/c1-35-17-7-9-22-19(13-17)18-10-11-33(25(34)20-12-16(27)6-8-21(20)28)24(23(18)32-22)14-2-4-15(5-3-14)26(29,30)31/h2-9,12-13,24,32H,10-11H2,1H3/t24-/m0/s1. The van der Waals surface area contributed by atoms with Crippen molar-refractivity contribution in [2.75, 3.05) is 13.7 Å². The van der Waals surface area contributed by atoms with E-state index in [2.05, 4.69) is 4.98 Å². The number of hydrogen-bond acceptors (Lipinski definition) is 2. The van der Waals surface area contributed by atoms with Crippen LogP contribution in [0, 0.1) is 5.82 Å². The number of hydrogen-bond donors (Lipinski definition) is 1. The number of aromatic nitrogens is 1. The van der Waals surface area contributed by atoms with Gasteiger partial charge in [0, 0.05) is 28.2 Å². The van der Waals surface area contributed by atoms with Crippen molar-refractivity contribution in [3.05, 3.63) is 99.5 Å². The maximum Gasteiger partial charge on any atom is 0.416 e. The molecule has 1 atom stereocenters. The van der Waals surface area contributed by atoms with Gasteiger partial charge in [0.1, 0.15) is 11.6 Å². The Morgan fingerprint density at radius 3 is 2.51 bits per heavy atom. The maximum absolute atomic E-state index is 14.6. The first-order valence-corrected chi connectivity index (χ1v) is 11.2. The minimum Gasteiger partial charge on any atom is -0.497 e. The number of nitrogens with zero attached hydrogens (tertiary/aromatic N) is 1. The molecule has 0 aliphatic carbocycles. The molecule has 1 amide bonds. The molecule has 1 aliphatic heterocycles. The first kappa shape index (κ1) is 23.2. The number of rotatable bonds is 3. The summed E-state index contributed by atoms with van der Waals surface area (Å²) in [5.74, 6) is -0.667. The zero-order valence-corrected chi connectivity index (χ0v) is 19.2. The molecule has 0 fully saturated rings. The zero-order valence-electron chi connectivity index (χ0n) is 18.4. The number of H-pyrrole nitrogens is 1. The molecule has 0 saturated carbocycles. The molecular weight excluding hydrogens is 484 g/mol. The summed E-state index contributed by atoms with van der Waals surface area (Å²) < 4.78 is 59.5. The fraction of sp³-hybridized carbons (Fsp3) is 0.192. The van der Waals surface area contributed by atoms with Crippen LogP contribution in [-0.2, 0) is 12.6 Å². The van der Waals surface area contributed by atoms with Gasteiger partial charge in [-0.3, -0.25) is 4.79 Å². The molecule has 5 rings (SSSR count). The van der Waals surface area contributed by atoms with E-state index < -0.39 is 29.5 Å². The van der Waals surface area contributed by atoms with Crippen LogP contribution in [0.3, 0.4) is 0 Å². The lowest BCUT2D eigenvalue weighted by atomic mass is 9.91. The zero-order chi connectivity index (χ0) is 24.9. The summed E-state index contributed by atoms with van der Waals surface area (Å²) in [5, 5.41) is 1.11. The van der Waals surface area contributed by atoms with Crippen LogP contribution in [0.4, 0.5) is 17.6 Å². The van der Waals surface area contributed by atoms with Crippen molar-refractivity contribution in [1.29, 1.82) is 0 Å². The predicted molar refractivity (Wildman–Crippen MR) is 124 cm³/mol. The topological polar surface area (TPSA) is 45.3 Å². The van der Waals surface area contributed by atoms with Crippen molar-refractivity contribution < 1.29 is 27.1 Å². The van der Waals surface area contributed by atoms with E-state index in [4.69, 9.17) is 16.3 Å². The van der Waals surface area contributed by atoms with E-state index in [-0.39, 0.29) is 17.1 Å². The predicted octanol–water partition coefficient (Wildman–Crippen LogP) is 6.78. The lowest BCUT2D eigenvalue weighted by Gasteiger charge is -2.36. The van der Waals surface area contributed by atoms with Crippen LogP contribution in [0.25, 0.3) is 10.9 Å². The number of alkyl halides is 3. The third-order valence-electron chi connectivity index (χ3n) is 6.31. The van der Waals surface area contributed by atoms with E-state index in [9.17, 15) is 22.4 Å². The average molecular weight is 503 g/mol. The summed E-state index contributed by atoms with van der Waals surface area (Å²) in [6, 6.07) is 13.2. The molecule has 0 saturated heterocycles. The van der Waals surface area contributed by atoms with Gasteiger partial charge < -0.3 is 14.6 Å². The number of fused-ring (bicyclic) bond motifs is 3. The smallest absolute Gasteiger partial charge is 0.416 e. The maximum atomic E-state index is 14.6. The van der Waals surface area contributed by atoms with Gasteiger partial charge >= 0.3 is 6.18 Å². The van der Waals surface area contributed by atoms with E-state index in [1.807, 2.05) is 12.1 Å². The number of benzene rings is 3. The number of aromatic amines is 1. The fourth-order valence-corrected chi connectivity index (χ4v) is 4.80. The number of halogens is 5. The Morgan fingerprint density at radius 1 is 1.09 bits per heavy atom. The number of nitrogens with one attached hydrogen (secondary N) is 1. The Kier molecular flexibility index (Phi) is 5.71. The van der Waals surface area contributed by atoms with Gasteiger partial charge in [0.15, 0.2) is 0 Å². The molecule has 0 radical (unpaired) electrons. The summed E-state index contributed by atoms with van der Waals surface area (Å²) in [6.45, 7) is 0.230. The van der Waals surface area contributed by atoms with Crippen LogP contribution in [0.5, 0.6) is 5.75 Å². The third kappa shape index (κ3) is 4.12. The van der Waals surface area contributed by atoms with E-state index in [1.165, 1.54) is 29.2 Å². The number of carbonyl (C=O) groups is 1. The minimum absolute atomic E-state index is 0.198. The van der Waals surface area contributed by atoms with Gasteiger partial charge in [-0.15, -0.1) is 0 Å². The van der Waals surface area contributed by atoms with Gasteiger partial charge in [0.25, 0.3) is 5.91 Å². The van der Waals surface area contributed by atoms with E-state index in [1.54, 1.807) is 13.2 Å². The molecular formula is C26H19ClF4N2O2. The number of carbonyl (C=O) groups excluding carboxylic acids is 1. The molecule has 1 aromatic heterocycles. The average Bonchev–Trinajstić information content (AvgIpc) is 3.21. The van der Waals surface area contributed by atoms with Crippen molar-refractivity contribution >= 4 is 28.4 Å². The van der Waals surface area contributed by atoms with Crippen LogP contribution >= 0.6 is 11.6 Å². The molecule has 35 heavy (non-hydrogen) atoms. The van der Waals surface area contributed by atoms with Crippen molar-refractivity contribution in [3.63, 3.8) is 0 Å². The Balaban J connectivity index is 1.66. The van der Waals surface area contributed by atoms with Gasteiger partial charge in [0.2, 0.25) is 0 Å². The van der Waals surface area contributed by atoms with Crippen molar-refractivity contribution in [1.82, 2.24) is 9.88 Å². The first-order valence-electron chi connectivity index (χ1n) is 10.8. The normalized spacial score (nSPS) is 15.8. The molecule has 4 aromatic rings. The number of ether oxygens (including phenoxy) is 1. The van der Waals surface area contributed by atoms with Crippen LogP contribution in [-0.4, -0.2) is 29.4 Å². The van der Waals surface area contributed by atoms with Gasteiger partial charge in [-0.25, -0.2) is 4.39 Å². The summed E-state index contributed by atoms with van der Waals surface area (Å²) in [6.07, 6.45) is -4.03. The molecule has 4 nitrogen and oxygen atoms in total. The Bertz CT molecular complexity index is 1430. The van der Waals surface area contributed by atoms with Crippen LogP contribution in [0.1, 0.15) is 38.8 Å². The third-order valence-corrected chi connectivity index (χ3v) is 6.54. The van der Waals surface area contributed by atoms with Gasteiger partial charge in [0.05, 0.1) is 24.3 Å². The Hall–Kier alpha value is -3.52. The first-order chi connectivity index (χ1) is 16.7. The highest BCUT2D eigenvalue weighted by Crippen LogP contribution is 2.41. The molecule has 1 N–H and O–H groups in total. The molecule has 1 aliphatic rings.